The average Bonchev–Trinajstić information content (AvgIpc) is 3.03. The summed E-state index contributed by atoms with van der Waals surface area (Å²) in [4.78, 5) is 4.77. The second kappa shape index (κ2) is 6.67. The standard InChI is InChI=1S/C20H20N4O/c1-14-3-2-4-18-20(14)23-19-13-25-12-17(24(18)19)11-22-10-16-7-5-15(9-21)6-8-16/h2-8,17,22H,10-13H2,1H3/t17-/m0/s1. The highest BCUT2D eigenvalue weighted by molar-refractivity contribution is 5.79. The van der Waals surface area contributed by atoms with Crippen molar-refractivity contribution in [3.63, 3.8) is 0 Å². The first-order chi connectivity index (χ1) is 12.3. The Bertz CT molecular complexity index is 937. The quantitative estimate of drug-likeness (QED) is 0.797. The molecule has 0 amide bonds. The lowest BCUT2D eigenvalue weighted by Crippen LogP contribution is -2.32. The van der Waals surface area contributed by atoms with E-state index in [1.807, 2.05) is 24.3 Å². The second-order valence-corrected chi connectivity index (χ2v) is 6.45. The fourth-order valence-corrected chi connectivity index (χ4v) is 3.41. The van der Waals surface area contributed by atoms with Gasteiger partial charge in [-0.05, 0) is 36.2 Å². The summed E-state index contributed by atoms with van der Waals surface area (Å²) < 4.78 is 8.07. The third-order valence-corrected chi connectivity index (χ3v) is 4.69. The molecule has 25 heavy (non-hydrogen) atoms. The van der Waals surface area contributed by atoms with Crippen molar-refractivity contribution >= 4 is 11.0 Å². The molecule has 1 aliphatic rings. The van der Waals surface area contributed by atoms with Crippen LogP contribution in [0.15, 0.2) is 42.5 Å². The maximum absolute atomic E-state index is 8.87. The molecule has 1 aromatic heterocycles. The van der Waals surface area contributed by atoms with Crippen LogP contribution in [0.2, 0.25) is 0 Å². The number of imidazole rings is 1. The van der Waals surface area contributed by atoms with Gasteiger partial charge in [0.2, 0.25) is 0 Å². The third kappa shape index (κ3) is 3.02. The molecule has 1 N–H and O–H groups in total. The number of nitrogens with zero attached hydrogens (tertiary/aromatic N) is 3. The monoisotopic (exact) mass is 332 g/mol. The van der Waals surface area contributed by atoms with Gasteiger partial charge in [-0.1, -0.05) is 24.3 Å². The van der Waals surface area contributed by atoms with Crippen molar-refractivity contribution in [2.75, 3.05) is 13.2 Å². The molecule has 0 unspecified atom stereocenters. The molecule has 0 bridgehead atoms. The molecular weight excluding hydrogens is 312 g/mol. The van der Waals surface area contributed by atoms with E-state index in [1.54, 1.807) is 0 Å². The summed E-state index contributed by atoms with van der Waals surface area (Å²) in [6, 6.07) is 16.4. The molecule has 3 aromatic rings. The van der Waals surface area contributed by atoms with Crippen LogP contribution in [0.25, 0.3) is 11.0 Å². The van der Waals surface area contributed by atoms with E-state index in [9.17, 15) is 0 Å². The summed E-state index contributed by atoms with van der Waals surface area (Å²) >= 11 is 0. The molecule has 5 nitrogen and oxygen atoms in total. The number of aryl methyl sites for hydroxylation is 1. The van der Waals surface area contributed by atoms with Gasteiger partial charge in [0, 0.05) is 13.1 Å². The zero-order valence-corrected chi connectivity index (χ0v) is 14.2. The molecule has 0 spiro atoms. The van der Waals surface area contributed by atoms with Crippen molar-refractivity contribution in [1.82, 2.24) is 14.9 Å². The van der Waals surface area contributed by atoms with Crippen LogP contribution in [0.3, 0.4) is 0 Å². The van der Waals surface area contributed by atoms with Crippen LogP contribution in [0.4, 0.5) is 0 Å². The topological polar surface area (TPSA) is 62.9 Å². The van der Waals surface area contributed by atoms with Gasteiger partial charge in [0.15, 0.2) is 0 Å². The number of rotatable bonds is 4. The van der Waals surface area contributed by atoms with E-state index in [0.717, 1.165) is 24.4 Å². The number of ether oxygens (including phenoxy) is 1. The van der Waals surface area contributed by atoms with Crippen molar-refractivity contribution < 1.29 is 4.74 Å². The molecule has 0 saturated heterocycles. The first-order valence-corrected chi connectivity index (χ1v) is 8.50. The number of benzene rings is 2. The highest BCUT2D eigenvalue weighted by atomic mass is 16.5. The molecule has 0 fully saturated rings. The zero-order chi connectivity index (χ0) is 17.2. The molecule has 4 rings (SSSR count). The maximum Gasteiger partial charge on any atom is 0.136 e. The lowest BCUT2D eigenvalue weighted by molar-refractivity contribution is 0.0564. The van der Waals surface area contributed by atoms with Crippen molar-refractivity contribution in [2.24, 2.45) is 0 Å². The largest absolute Gasteiger partial charge is 0.371 e. The van der Waals surface area contributed by atoms with Gasteiger partial charge in [0.25, 0.3) is 0 Å². The predicted molar refractivity (Wildman–Crippen MR) is 96.0 cm³/mol. The van der Waals surface area contributed by atoms with Crippen LogP contribution in [-0.2, 0) is 17.9 Å². The lowest BCUT2D eigenvalue weighted by atomic mass is 10.1. The number of aromatic nitrogens is 2. The van der Waals surface area contributed by atoms with Crippen LogP contribution in [-0.4, -0.2) is 22.7 Å². The molecule has 1 atom stereocenters. The van der Waals surface area contributed by atoms with E-state index in [1.165, 1.54) is 16.6 Å². The minimum absolute atomic E-state index is 0.230. The highest BCUT2D eigenvalue weighted by Crippen LogP contribution is 2.27. The number of hydrogen-bond donors (Lipinski definition) is 1. The number of hydrogen-bond acceptors (Lipinski definition) is 4. The van der Waals surface area contributed by atoms with E-state index in [2.05, 4.69) is 41.1 Å². The van der Waals surface area contributed by atoms with E-state index in [4.69, 9.17) is 15.0 Å². The minimum Gasteiger partial charge on any atom is -0.371 e. The lowest BCUT2D eigenvalue weighted by Gasteiger charge is -2.26. The van der Waals surface area contributed by atoms with Crippen LogP contribution < -0.4 is 5.32 Å². The molecule has 5 heteroatoms. The Morgan fingerprint density at radius 2 is 2.12 bits per heavy atom. The number of nitrogens with one attached hydrogen (secondary N) is 1. The smallest absolute Gasteiger partial charge is 0.136 e. The number of para-hydroxylation sites is 1. The number of nitriles is 1. The molecular formula is C20H20N4O. The summed E-state index contributed by atoms with van der Waals surface area (Å²) in [6.45, 7) is 4.93. The Hall–Kier alpha value is -2.68. The summed E-state index contributed by atoms with van der Waals surface area (Å²) in [7, 11) is 0. The van der Waals surface area contributed by atoms with Gasteiger partial charge < -0.3 is 14.6 Å². The molecule has 0 aliphatic carbocycles. The summed E-state index contributed by atoms with van der Waals surface area (Å²) in [6.07, 6.45) is 0. The van der Waals surface area contributed by atoms with Gasteiger partial charge in [0.1, 0.15) is 12.4 Å². The fourth-order valence-electron chi connectivity index (χ4n) is 3.41. The van der Waals surface area contributed by atoms with Gasteiger partial charge in [-0.3, -0.25) is 0 Å². The highest BCUT2D eigenvalue weighted by Gasteiger charge is 2.24. The van der Waals surface area contributed by atoms with Crippen LogP contribution in [0.5, 0.6) is 0 Å². The minimum atomic E-state index is 0.230. The van der Waals surface area contributed by atoms with E-state index >= 15 is 0 Å². The SMILES string of the molecule is Cc1cccc2c1nc1n2[C@@H](CNCc2ccc(C#N)cc2)COC1. The van der Waals surface area contributed by atoms with Crippen LogP contribution in [0, 0.1) is 18.3 Å². The van der Waals surface area contributed by atoms with E-state index in [0.29, 0.717) is 18.8 Å². The molecule has 2 aromatic carbocycles. The summed E-state index contributed by atoms with van der Waals surface area (Å²) in [5, 5.41) is 12.4. The maximum atomic E-state index is 8.87. The summed E-state index contributed by atoms with van der Waals surface area (Å²) in [5.74, 6) is 1.00. The van der Waals surface area contributed by atoms with Crippen LogP contribution in [0.1, 0.15) is 28.6 Å². The predicted octanol–water partition coefficient (Wildman–Crippen LogP) is 3.08. The fraction of sp³-hybridized carbons (Fsp3) is 0.300. The Labute approximate surface area is 146 Å². The Balaban J connectivity index is 1.50. The van der Waals surface area contributed by atoms with E-state index in [-0.39, 0.29) is 6.04 Å². The van der Waals surface area contributed by atoms with Crippen LogP contribution >= 0.6 is 0 Å². The first kappa shape index (κ1) is 15.8. The van der Waals surface area contributed by atoms with Gasteiger partial charge in [0.05, 0.1) is 35.3 Å². The first-order valence-electron chi connectivity index (χ1n) is 8.50. The molecule has 0 radical (unpaired) electrons. The molecule has 1 aliphatic heterocycles. The van der Waals surface area contributed by atoms with E-state index < -0.39 is 0 Å². The zero-order valence-electron chi connectivity index (χ0n) is 14.2. The Kier molecular flexibility index (Phi) is 4.22. The van der Waals surface area contributed by atoms with Gasteiger partial charge in [-0.25, -0.2) is 4.98 Å². The van der Waals surface area contributed by atoms with Gasteiger partial charge >= 0.3 is 0 Å². The molecule has 126 valence electrons. The van der Waals surface area contributed by atoms with Gasteiger partial charge in [-0.15, -0.1) is 0 Å². The van der Waals surface area contributed by atoms with Crippen molar-refractivity contribution in [1.29, 1.82) is 5.26 Å². The normalized spacial score (nSPS) is 16.6. The van der Waals surface area contributed by atoms with Crippen molar-refractivity contribution in [3.8, 4) is 6.07 Å². The Morgan fingerprint density at radius 3 is 2.92 bits per heavy atom. The molecule has 2 heterocycles. The summed E-state index contributed by atoms with van der Waals surface area (Å²) in [5.41, 5.74) is 5.31. The van der Waals surface area contributed by atoms with Crippen molar-refractivity contribution in [2.45, 2.75) is 26.1 Å². The third-order valence-electron chi connectivity index (χ3n) is 4.69. The molecule has 0 saturated carbocycles. The average molecular weight is 332 g/mol. The van der Waals surface area contributed by atoms with Gasteiger partial charge in [-0.2, -0.15) is 5.26 Å². The van der Waals surface area contributed by atoms with Crippen molar-refractivity contribution in [3.05, 3.63) is 65.0 Å². The Morgan fingerprint density at radius 1 is 1.28 bits per heavy atom. The second-order valence-electron chi connectivity index (χ2n) is 6.45. The number of fused-ring (bicyclic) bond motifs is 3.